The first kappa shape index (κ1) is 21.5. The van der Waals surface area contributed by atoms with E-state index in [1.165, 1.54) is 30.5 Å². The smallest absolute Gasteiger partial charge is 0.368 e. The van der Waals surface area contributed by atoms with Gasteiger partial charge >= 0.3 is 6.18 Å². The summed E-state index contributed by atoms with van der Waals surface area (Å²) in [6.07, 6.45) is -1.06. The van der Waals surface area contributed by atoms with E-state index in [0.717, 1.165) is 25.0 Å². The maximum absolute atomic E-state index is 13.3. The Morgan fingerprint density at radius 2 is 2.00 bits per heavy atom. The number of nitrogen functional groups attached to an aromatic ring is 1. The predicted octanol–water partition coefficient (Wildman–Crippen LogP) is 3.20. The second kappa shape index (κ2) is 8.40. The fraction of sp³-hybridized carbons (Fsp3) is 0.286. The van der Waals surface area contributed by atoms with Gasteiger partial charge in [0.05, 0.1) is 17.3 Å². The van der Waals surface area contributed by atoms with Crippen molar-refractivity contribution in [2.45, 2.75) is 31.5 Å². The summed E-state index contributed by atoms with van der Waals surface area (Å²) in [7, 11) is 0. The summed E-state index contributed by atoms with van der Waals surface area (Å²) in [5, 5.41) is 6.04. The summed E-state index contributed by atoms with van der Waals surface area (Å²) >= 11 is 0. The average molecular weight is 444 g/mol. The van der Waals surface area contributed by atoms with Crippen LogP contribution in [0.3, 0.4) is 0 Å². The number of rotatable bonds is 3. The standard InChI is InChI=1S/C21H19F3N6O2/c22-21(23,24)13-5-3-4-12(10-13)14-11-26-20(25)27-18(14)16-6-1-2-9-30(16)19(32)15-7-8-17(31)29-28-15/h3-5,7-8,10-11,16H,1-2,6,9H2,(H,29,31)(H2,25,26,27)/t16-/m1/s1. The first-order valence-electron chi connectivity index (χ1n) is 9.91. The van der Waals surface area contributed by atoms with Crippen molar-refractivity contribution in [2.75, 3.05) is 12.3 Å². The number of halogens is 3. The van der Waals surface area contributed by atoms with Crippen molar-refractivity contribution in [1.29, 1.82) is 0 Å². The summed E-state index contributed by atoms with van der Waals surface area (Å²) in [6.45, 7) is 0.399. The SMILES string of the molecule is Nc1ncc(-c2cccc(C(F)(F)F)c2)c([C@H]2CCCCN2C(=O)c2ccc(=O)[nH]n2)n1. The number of amides is 1. The summed E-state index contributed by atoms with van der Waals surface area (Å²) in [5.74, 6) is -0.464. The predicted molar refractivity (Wildman–Crippen MR) is 109 cm³/mol. The van der Waals surface area contributed by atoms with Crippen LogP contribution in [0.25, 0.3) is 11.1 Å². The van der Waals surface area contributed by atoms with E-state index >= 15 is 0 Å². The van der Waals surface area contributed by atoms with E-state index in [-0.39, 0.29) is 17.2 Å². The van der Waals surface area contributed by atoms with Crippen LogP contribution in [0.5, 0.6) is 0 Å². The summed E-state index contributed by atoms with van der Waals surface area (Å²) in [4.78, 5) is 34.3. The number of carbonyl (C=O) groups excluding carboxylic acids is 1. The number of benzene rings is 1. The molecule has 2 aromatic heterocycles. The van der Waals surface area contributed by atoms with Crippen molar-refractivity contribution in [1.82, 2.24) is 25.1 Å². The maximum atomic E-state index is 13.3. The van der Waals surface area contributed by atoms with Gasteiger partial charge in [0.25, 0.3) is 11.5 Å². The van der Waals surface area contributed by atoms with Gasteiger partial charge in [-0.2, -0.15) is 18.3 Å². The average Bonchev–Trinajstić information content (AvgIpc) is 2.78. The van der Waals surface area contributed by atoms with Gasteiger partial charge in [-0.1, -0.05) is 12.1 Å². The Morgan fingerprint density at radius 3 is 2.72 bits per heavy atom. The quantitative estimate of drug-likeness (QED) is 0.641. The number of H-pyrrole nitrogens is 1. The number of nitrogens with two attached hydrogens (primary N) is 1. The molecule has 1 fully saturated rings. The number of piperidine rings is 1. The first-order valence-corrected chi connectivity index (χ1v) is 9.91. The van der Waals surface area contributed by atoms with Crippen molar-refractivity contribution in [3.63, 3.8) is 0 Å². The Labute approximate surface area is 180 Å². The minimum Gasteiger partial charge on any atom is -0.368 e. The van der Waals surface area contributed by atoms with E-state index in [9.17, 15) is 22.8 Å². The lowest BCUT2D eigenvalue weighted by molar-refractivity contribution is -0.137. The van der Waals surface area contributed by atoms with Gasteiger partial charge < -0.3 is 10.6 Å². The molecule has 3 aromatic rings. The molecule has 3 heterocycles. The number of nitrogens with zero attached hydrogens (tertiary/aromatic N) is 4. The van der Waals surface area contributed by atoms with Crippen molar-refractivity contribution in [2.24, 2.45) is 0 Å². The highest BCUT2D eigenvalue weighted by Crippen LogP contribution is 2.38. The molecule has 1 aliphatic rings. The van der Waals surface area contributed by atoms with Gasteiger partial charge in [-0.25, -0.2) is 15.1 Å². The zero-order valence-corrected chi connectivity index (χ0v) is 16.8. The van der Waals surface area contributed by atoms with Crippen LogP contribution in [0.1, 0.15) is 47.1 Å². The highest BCUT2D eigenvalue weighted by atomic mass is 19.4. The zero-order valence-electron chi connectivity index (χ0n) is 16.8. The Morgan fingerprint density at radius 1 is 1.19 bits per heavy atom. The monoisotopic (exact) mass is 444 g/mol. The lowest BCUT2D eigenvalue weighted by Crippen LogP contribution is -2.40. The molecule has 0 radical (unpaired) electrons. The van der Waals surface area contributed by atoms with Crippen molar-refractivity contribution in [3.05, 3.63) is 69.9 Å². The molecule has 1 aliphatic heterocycles. The van der Waals surface area contributed by atoms with E-state index < -0.39 is 29.2 Å². The number of aromatic amines is 1. The van der Waals surface area contributed by atoms with Crippen LogP contribution < -0.4 is 11.3 Å². The Balaban J connectivity index is 1.78. The third-order valence-electron chi connectivity index (χ3n) is 5.32. The third kappa shape index (κ3) is 4.32. The fourth-order valence-corrected chi connectivity index (χ4v) is 3.82. The molecule has 0 aliphatic carbocycles. The van der Waals surface area contributed by atoms with Gasteiger partial charge in [-0.15, -0.1) is 0 Å². The van der Waals surface area contributed by atoms with Crippen LogP contribution in [0.4, 0.5) is 19.1 Å². The molecule has 8 nitrogen and oxygen atoms in total. The van der Waals surface area contributed by atoms with Crippen LogP contribution in [0, 0.1) is 0 Å². The maximum Gasteiger partial charge on any atom is 0.416 e. The van der Waals surface area contributed by atoms with Crippen LogP contribution in [-0.4, -0.2) is 37.5 Å². The van der Waals surface area contributed by atoms with Crippen LogP contribution in [-0.2, 0) is 6.18 Å². The Hall–Kier alpha value is -3.76. The van der Waals surface area contributed by atoms with E-state index in [1.54, 1.807) is 4.90 Å². The Bertz CT molecular complexity index is 1190. The molecule has 11 heteroatoms. The number of likely N-dealkylation sites (tertiary alicyclic amines) is 1. The van der Waals surface area contributed by atoms with Crippen molar-refractivity contribution >= 4 is 11.9 Å². The number of hydrogen-bond acceptors (Lipinski definition) is 6. The molecule has 0 unspecified atom stereocenters. The lowest BCUT2D eigenvalue weighted by atomic mass is 9.93. The molecule has 166 valence electrons. The summed E-state index contributed by atoms with van der Waals surface area (Å²) in [6, 6.07) is 6.85. The lowest BCUT2D eigenvalue weighted by Gasteiger charge is -2.36. The van der Waals surface area contributed by atoms with Gasteiger partial charge in [-0.3, -0.25) is 9.59 Å². The van der Waals surface area contributed by atoms with Gasteiger partial charge in [0.15, 0.2) is 0 Å². The summed E-state index contributed by atoms with van der Waals surface area (Å²) in [5.41, 5.74) is 5.63. The minimum atomic E-state index is -4.51. The van der Waals surface area contributed by atoms with Crippen LogP contribution >= 0.6 is 0 Å². The number of alkyl halides is 3. The second-order valence-electron chi connectivity index (χ2n) is 7.42. The van der Waals surface area contributed by atoms with Crippen molar-refractivity contribution < 1.29 is 18.0 Å². The number of carbonyl (C=O) groups is 1. The third-order valence-corrected chi connectivity index (χ3v) is 5.32. The molecule has 0 spiro atoms. The van der Waals surface area contributed by atoms with Gasteiger partial charge in [0, 0.05) is 24.4 Å². The molecule has 1 saturated heterocycles. The Kier molecular flexibility index (Phi) is 5.64. The highest BCUT2D eigenvalue weighted by Gasteiger charge is 2.34. The number of hydrogen-bond donors (Lipinski definition) is 2. The van der Waals surface area contributed by atoms with Gasteiger partial charge in [0.1, 0.15) is 5.69 Å². The van der Waals surface area contributed by atoms with E-state index in [0.29, 0.717) is 24.2 Å². The number of nitrogens with one attached hydrogen (secondary N) is 1. The molecular weight excluding hydrogens is 425 g/mol. The molecule has 0 saturated carbocycles. The topological polar surface area (TPSA) is 118 Å². The molecule has 32 heavy (non-hydrogen) atoms. The molecule has 0 bridgehead atoms. The highest BCUT2D eigenvalue weighted by molar-refractivity contribution is 5.92. The van der Waals surface area contributed by atoms with E-state index in [4.69, 9.17) is 5.73 Å². The molecular formula is C21H19F3N6O2. The zero-order chi connectivity index (χ0) is 22.9. The molecule has 4 rings (SSSR count). The van der Waals surface area contributed by atoms with E-state index in [2.05, 4.69) is 20.2 Å². The van der Waals surface area contributed by atoms with Crippen LogP contribution in [0.15, 0.2) is 47.4 Å². The summed E-state index contributed by atoms with van der Waals surface area (Å²) < 4.78 is 39.8. The molecule has 1 amide bonds. The minimum absolute atomic E-state index is 0.0455. The second-order valence-corrected chi connectivity index (χ2v) is 7.42. The van der Waals surface area contributed by atoms with Gasteiger partial charge in [0.2, 0.25) is 5.95 Å². The normalized spacial score (nSPS) is 16.7. The fourth-order valence-electron chi connectivity index (χ4n) is 3.82. The molecule has 1 atom stereocenters. The number of anilines is 1. The first-order chi connectivity index (χ1) is 15.2. The van der Waals surface area contributed by atoms with E-state index in [1.807, 2.05) is 0 Å². The molecule has 1 aromatic carbocycles. The number of aromatic nitrogens is 4. The van der Waals surface area contributed by atoms with Crippen LogP contribution in [0.2, 0.25) is 0 Å². The van der Waals surface area contributed by atoms with Crippen molar-refractivity contribution in [3.8, 4) is 11.1 Å². The van der Waals surface area contributed by atoms with Gasteiger partial charge in [-0.05, 0) is 43.0 Å². The molecule has 3 N–H and O–H groups in total. The largest absolute Gasteiger partial charge is 0.416 e.